The van der Waals surface area contributed by atoms with Gasteiger partial charge < -0.3 is 0 Å². The van der Waals surface area contributed by atoms with Crippen molar-refractivity contribution >= 4 is 0 Å². The van der Waals surface area contributed by atoms with Gasteiger partial charge in [-0.25, -0.2) is 9.97 Å². The number of nitrogens with zero attached hydrogens (tertiary/aromatic N) is 3. The first kappa shape index (κ1) is 30.3. The minimum atomic E-state index is -0.115. The summed E-state index contributed by atoms with van der Waals surface area (Å²) in [6, 6.07) is 11.7. The van der Waals surface area contributed by atoms with Crippen LogP contribution in [0.1, 0.15) is 153 Å². The SMILES string of the molecule is CCCCCCCCCCC1(C#N)CCC(c2ncc(-c3ccc(CCCCCCCC)cc3)cn2)CC1. The van der Waals surface area contributed by atoms with Gasteiger partial charge in [-0.15, -0.1) is 0 Å². The zero-order valence-electron chi connectivity index (χ0n) is 24.5. The predicted molar refractivity (Wildman–Crippen MR) is 161 cm³/mol. The third-order valence-electron chi connectivity index (χ3n) is 8.83. The van der Waals surface area contributed by atoms with E-state index in [0.717, 1.165) is 43.5 Å². The van der Waals surface area contributed by atoms with Gasteiger partial charge in [0.2, 0.25) is 0 Å². The number of aromatic nitrogens is 2. The zero-order chi connectivity index (χ0) is 26.9. The van der Waals surface area contributed by atoms with E-state index in [1.54, 1.807) is 0 Å². The summed E-state index contributed by atoms with van der Waals surface area (Å²) >= 11 is 0. The van der Waals surface area contributed by atoms with Gasteiger partial charge in [0.25, 0.3) is 0 Å². The van der Waals surface area contributed by atoms with Gasteiger partial charge in [0.1, 0.15) is 5.82 Å². The van der Waals surface area contributed by atoms with Crippen LogP contribution in [0.3, 0.4) is 0 Å². The van der Waals surface area contributed by atoms with Crippen LogP contribution in [0.5, 0.6) is 0 Å². The first-order valence-electron chi connectivity index (χ1n) is 16.0. The quantitative estimate of drug-likeness (QED) is 0.185. The van der Waals surface area contributed by atoms with Crippen LogP contribution in [-0.4, -0.2) is 9.97 Å². The van der Waals surface area contributed by atoms with E-state index in [2.05, 4.69) is 44.2 Å². The molecule has 3 rings (SSSR count). The molecule has 1 heterocycles. The molecule has 0 saturated heterocycles. The summed E-state index contributed by atoms with van der Waals surface area (Å²) in [5.41, 5.74) is 3.60. The van der Waals surface area contributed by atoms with E-state index in [1.807, 2.05) is 12.4 Å². The van der Waals surface area contributed by atoms with Gasteiger partial charge in [-0.3, -0.25) is 0 Å². The normalized spacial score (nSPS) is 19.3. The molecule has 2 aromatic rings. The van der Waals surface area contributed by atoms with E-state index in [-0.39, 0.29) is 5.41 Å². The van der Waals surface area contributed by atoms with Gasteiger partial charge in [0, 0.05) is 23.9 Å². The molecule has 0 spiro atoms. The number of hydrogen-bond acceptors (Lipinski definition) is 3. The van der Waals surface area contributed by atoms with Crippen molar-refractivity contribution in [3.8, 4) is 17.2 Å². The second-order valence-electron chi connectivity index (χ2n) is 11.9. The molecule has 0 unspecified atom stereocenters. The summed E-state index contributed by atoms with van der Waals surface area (Å²) < 4.78 is 0. The van der Waals surface area contributed by atoms with Crippen LogP contribution < -0.4 is 0 Å². The number of nitriles is 1. The van der Waals surface area contributed by atoms with Crippen LogP contribution in [0.2, 0.25) is 0 Å². The van der Waals surface area contributed by atoms with Crippen LogP contribution >= 0.6 is 0 Å². The molecule has 0 bridgehead atoms. The van der Waals surface area contributed by atoms with Gasteiger partial charge in [-0.05, 0) is 56.1 Å². The lowest BCUT2D eigenvalue weighted by molar-refractivity contribution is 0.219. The Balaban J connectivity index is 1.40. The van der Waals surface area contributed by atoms with Gasteiger partial charge in [0.15, 0.2) is 0 Å². The second kappa shape index (κ2) is 17.4. The molecule has 1 aromatic heterocycles. The first-order chi connectivity index (χ1) is 18.7. The number of unbranched alkanes of at least 4 members (excludes halogenated alkanes) is 12. The van der Waals surface area contributed by atoms with Crippen molar-refractivity contribution in [2.45, 2.75) is 148 Å². The predicted octanol–water partition coefficient (Wildman–Crippen LogP) is 10.7. The Hall–Kier alpha value is -2.21. The zero-order valence-corrected chi connectivity index (χ0v) is 24.5. The van der Waals surface area contributed by atoms with Gasteiger partial charge >= 0.3 is 0 Å². The van der Waals surface area contributed by atoms with Crippen molar-refractivity contribution in [3.05, 3.63) is 48.0 Å². The van der Waals surface area contributed by atoms with Crippen LogP contribution in [0.15, 0.2) is 36.7 Å². The van der Waals surface area contributed by atoms with Crippen molar-refractivity contribution in [1.82, 2.24) is 9.97 Å². The molecule has 1 fully saturated rings. The summed E-state index contributed by atoms with van der Waals surface area (Å²) in [4.78, 5) is 9.57. The van der Waals surface area contributed by atoms with E-state index in [1.165, 1.54) is 107 Å². The number of benzene rings is 1. The van der Waals surface area contributed by atoms with Crippen LogP contribution in [0.25, 0.3) is 11.1 Å². The van der Waals surface area contributed by atoms with Gasteiger partial charge in [-0.1, -0.05) is 122 Å². The summed E-state index contributed by atoms with van der Waals surface area (Å²) in [6.45, 7) is 4.54. The minimum absolute atomic E-state index is 0.115. The lowest BCUT2D eigenvalue weighted by Gasteiger charge is -2.34. The fraction of sp³-hybridized carbons (Fsp3) is 0.686. The lowest BCUT2D eigenvalue weighted by Crippen LogP contribution is -2.26. The maximum Gasteiger partial charge on any atom is 0.131 e. The van der Waals surface area contributed by atoms with Crippen LogP contribution in [-0.2, 0) is 6.42 Å². The summed E-state index contributed by atoms with van der Waals surface area (Å²) in [5.74, 6) is 1.36. The highest BCUT2D eigenvalue weighted by Gasteiger charge is 2.36. The molecule has 1 saturated carbocycles. The third-order valence-corrected chi connectivity index (χ3v) is 8.83. The smallest absolute Gasteiger partial charge is 0.131 e. The average Bonchev–Trinajstić information content (AvgIpc) is 2.97. The van der Waals surface area contributed by atoms with Crippen molar-refractivity contribution < 1.29 is 0 Å². The molecule has 38 heavy (non-hydrogen) atoms. The van der Waals surface area contributed by atoms with E-state index < -0.39 is 0 Å². The van der Waals surface area contributed by atoms with E-state index >= 15 is 0 Å². The Bertz CT molecular complexity index is 917. The van der Waals surface area contributed by atoms with E-state index in [9.17, 15) is 5.26 Å². The molecule has 0 amide bonds. The van der Waals surface area contributed by atoms with Crippen LogP contribution in [0.4, 0.5) is 0 Å². The van der Waals surface area contributed by atoms with Gasteiger partial charge in [-0.2, -0.15) is 5.26 Å². The molecule has 0 aliphatic heterocycles. The molecule has 3 heteroatoms. The molecule has 0 atom stereocenters. The first-order valence-corrected chi connectivity index (χ1v) is 16.0. The largest absolute Gasteiger partial charge is 0.240 e. The highest BCUT2D eigenvalue weighted by atomic mass is 14.9. The Morgan fingerprint density at radius 2 is 1.24 bits per heavy atom. The topological polar surface area (TPSA) is 49.6 Å². The minimum Gasteiger partial charge on any atom is -0.240 e. The molecule has 0 radical (unpaired) electrons. The maximum absolute atomic E-state index is 9.99. The summed E-state index contributed by atoms with van der Waals surface area (Å²) in [7, 11) is 0. The van der Waals surface area contributed by atoms with Crippen molar-refractivity contribution in [2.24, 2.45) is 5.41 Å². The summed E-state index contributed by atoms with van der Waals surface area (Å²) in [6.07, 6.45) is 29.0. The Labute approximate surface area is 233 Å². The van der Waals surface area contributed by atoms with Crippen LogP contribution in [0, 0.1) is 16.7 Å². The molecule has 208 valence electrons. The highest BCUT2D eigenvalue weighted by molar-refractivity contribution is 5.61. The maximum atomic E-state index is 9.99. The van der Waals surface area contributed by atoms with E-state index in [0.29, 0.717) is 5.92 Å². The summed E-state index contributed by atoms with van der Waals surface area (Å²) in [5, 5.41) is 9.99. The third kappa shape index (κ3) is 10.2. The number of rotatable bonds is 18. The molecular formula is C35H53N3. The van der Waals surface area contributed by atoms with Crippen molar-refractivity contribution in [1.29, 1.82) is 5.26 Å². The Kier molecular flexibility index (Phi) is 13.9. The fourth-order valence-electron chi connectivity index (χ4n) is 6.11. The molecule has 0 N–H and O–H groups in total. The van der Waals surface area contributed by atoms with Crippen molar-refractivity contribution in [2.75, 3.05) is 0 Å². The Morgan fingerprint density at radius 3 is 1.79 bits per heavy atom. The number of hydrogen-bond donors (Lipinski definition) is 0. The van der Waals surface area contributed by atoms with E-state index in [4.69, 9.17) is 9.97 Å². The molecule has 1 aliphatic carbocycles. The number of aryl methyl sites for hydroxylation is 1. The molecular weight excluding hydrogens is 462 g/mol. The monoisotopic (exact) mass is 515 g/mol. The molecule has 1 aromatic carbocycles. The Morgan fingerprint density at radius 1 is 0.711 bits per heavy atom. The standard InChI is InChI=1S/C35H53N3/c1-3-5-7-9-11-12-14-16-24-35(29-36)25-22-32(23-26-35)34-37-27-33(28-38-34)31-20-18-30(19-21-31)17-15-13-10-8-6-4-2/h18-21,27-28,32H,3-17,22-26H2,1-2H3. The fourth-order valence-corrected chi connectivity index (χ4v) is 6.11. The average molecular weight is 516 g/mol. The van der Waals surface area contributed by atoms with Gasteiger partial charge in [0.05, 0.1) is 11.5 Å². The molecule has 3 nitrogen and oxygen atoms in total. The lowest BCUT2D eigenvalue weighted by atomic mass is 9.68. The molecule has 1 aliphatic rings. The second-order valence-corrected chi connectivity index (χ2v) is 11.9. The highest BCUT2D eigenvalue weighted by Crippen LogP contribution is 2.45. The van der Waals surface area contributed by atoms with Crippen molar-refractivity contribution in [3.63, 3.8) is 0 Å².